The van der Waals surface area contributed by atoms with Crippen LogP contribution in [0.5, 0.6) is 5.75 Å². The van der Waals surface area contributed by atoms with Crippen LogP contribution in [0, 0.1) is 41.2 Å². The molecule has 1 aromatic rings. The summed E-state index contributed by atoms with van der Waals surface area (Å²) >= 11 is 0. The van der Waals surface area contributed by atoms with Crippen LogP contribution in [0.15, 0.2) is 11.2 Å². The second-order valence-corrected chi connectivity index (χ2v) is 3.18. The molecule has 1 N–H and O–H groups in total. The number of nitriles is 2. The zero-order chi connectivity index (χ0) is 13.7. The third-order valence-corrected chi connectivity index (χ3v) is 2.12. The van der Waals surface area contributed by atoms with Gasteiger partial charge in [0.2, 0.25) is 5.71 Å². The lowest BCUT2D eigenvalue weighted by atomic mass is 10.2. The van der Waals surface area contributed by atoms with Crippen LogP contribution >= 0.6 is 0 Å². The molecular weight excluding hydrogens is 242 g/mol. The Morgan fingerprint density at radius 1 is 1.33 bits per heavy atom. The van der Waals surface area contributed by atoms with E-state index >= 15 is 0 Å². The van der Waals surface area contributed by atoms with Gasteiger partial charge in [-0.2, -0.15) is 15.6 Å². The van der Waals surface area contributed by atoms with Crippen LogP contribution in [0.4, 0.5) is 14.5 Å². The Labute approximate surface area is 102 Å². The highest BCUT2D eigenvalue weighted by molar-refractivity contribution is 6.10. The molecule has 0 bridgehead atoms. The average Bonchev–Trinajstić information content (AvgIpc) is 2.39. The molecule has 0 aliphatic heterocycles. The van der Waals surface area contributed by atoms with Gasteiger partial charge >= 0.3 is 0 Å². The highest BCUT2D eigenvalue weighted by atomic mass is 19.2. The van der Waals surface area contributed by atoms with E-state index in [1.54, 1.807) is 0 Å². The number of benzene rings is 1. The molecule has 0 fully saturated rings. The summed E-state index contributed by atoms with van der Waals surface area (Å²) in [6.45, 7) is 1.36. The lowest BCUT2D eigenvalue weighted by molar-refractivity contribution is 0.402. The minimum absolute atomic E-state index is 0.0188. The minimum atomic E-state index is -1.16. The summed E-state index contributed by atoms with van der Waals surface area (Å²) in [5, 5.41) is 20.2. The van der Waals surface area contributed by atoms with E-state index in [0.29, 0.717) is 0 Å². The van der Waals surface area contributed by atoms with Gasteiger partial charge in [0.1, 0.15) is 17.9 Å². The van der Waals surface area contributed by atoms with Crippen molar-refractivity contribution >= 4 is 11.4 Å². The molecule has 0 heterocycles. The molecule has 0 atom stereocenters. The Bertz CT molecular complexity index is 568. The predicted octanol–water partition coefficient (Wildman–Crippen LogP) is 2.10. The molecule has 0 amide bonds. The van der Waals surface area contributed by atoms with Gasteiger partial charge in [0, 0.05) is 11.6 Å². The van der Waals surface area contributed by atoms with E-state index in [-0.39, 0.29) is 17.0 Å². The molecule has 0 spiro atoms. The molecule has 0 saturated heterocycles. The first-order chi connectivity index (χ1) is 8.54. The molecule has 0 unspecified atom stereocenters. The molecule has 0 aromatic heterocycles. The molecule has 0 radical (unpaired) electrons. The SMILES string of the molecule is COc1cc(NN=C(C#N)C#N)c(F)c(F)c1C. The van der Waals surface area contributed by atoms with Gasteiger partial charge in [-0.1, -0.05) is 0 Å². The maximum atomic E-state index is 13.5. The highest BCUT2D eigenvalue weighted by Gasteiger charge is 2.16. The van der Waals surface area contributed by atoms with Gasteiger partial charge in [0.15, 0.2) is 11.6 Å². The van der Waals surface area contributed by atoms with Gasteiger partial charge in [0.05, 0.1) is 12.8 Å². The lowest BCUT2D eigenvalue weighted by Crippen LogP contribution is -2.02. The highest BCUT2D eigenvalue weighted by Crippen LogP contribution is 2.29. The molecule has 0 aliphatic rings. The van der Waals surface area contributed by atoms with Crippen molar-refractivity contribution in [3.8, 4) is 17.9 Å². The third kappa shape index (κ3) is 2.53. The Hall–Kier alpha value is -2.67. The van der Waals surface area contributed by atoms with Crippen molar-refractivity contribution in [3.63, 3.8) is 0 Å². The molecule has 92 valence electrons. The van der Waals surface area contributed by atoms with Crippen LogP contribution in [0.1, 0.15) is 5.56 Å². The monoisotopic (exact) mass is 250 g/mol. The third-order valence-electron chi connectivity index (χ3n) is 2.12. The maximum Gasteiger partial charge on any atom is 0.237 e. The number of nitrogens with one attached hydrogen (secondary N) is 1. The van der Waals surface area contributed by atoms with E-state index in [2.05, 4.69) is 10.5 Å². The van der Waals surface area contributed by atoms with Gasteiger partial charge < -0.3 is 4.74 Å². The number of halogens is 2. The molecule has 18 heavy (non-hydrogen) atoms. The first-order valence-electron chi connectivity index (χ1n) is 4.71. The summed E-state index contributed by atoms with van der Waals surface area (Å²) in [5.74, 6) is -2.11. The number of ether oxygens (including phenoxy) is 1. The van der Waals surface area contributed by atoms with Gasteiger partial charge in [-0.05, 0) is 6.92 Å². The molecule has 1 aromatic carbocycles. The van der Waals surface area contributed by atoms with Crippen LogP contribution < -0.4 is 10.2 Å². The second kappa shape index (κ2) is 5.60. The molecule has 1 rings (SSSR count). The minimum Gasteiger partial charge on any atom is -0.496 e. The molecule has 5 nitrogen and oxygen atoms in total. The van der Waals surface area contributed by atoms with Gasteiger partial charge in [-0.15, -0.1) is 0 Å². The normalized spacial score (nSPS) is 9.00. The first kappa shape index (κ1) is 13.4. The van der Waals surface area contributed by atoms with Gasteiger partial charge in [-0.3, -0.25) is 5.43 Å². The average molecular weight is 250 g/mol. The maximum absolute atomic E-state index is 13.5. The zero-order valence-electron chi connectivity index (χ0n) is 9.58. The molecule has 7 heteroatoms. The van der Waals surface area contributed by atoms with Crippen molar-refractivity contribution < 1.29 is 13.5 Å². The number of nitrogens with zero attached hydrogens (tertiary/aromatic N) is 3. The Morgan fingerprint density at radius 2 is 1.94 bits per heavy atom. The molecular formula is C11H8F2N4O. The van der Waals surface area contributed by atoms with E-state index in [4.69, 9.17) is 15.3 Å². The quantitative estimate of drug-likeness (QED) is 0.657. The summed E-state index contributed by atoms with van der Waals surface area (Å²) in [6.07, 6.45) is 0. The number of methoxy groups -OCH3 is 1. The Balaban J connectivity index is 3.20. The largest absolute Gasteiger partial charge is 0.496 e. The van der Waals surface area contributed by atoms with Crippen molar-refractivity contribution in [1.82, 2.24) is 0 Å². The zero-order valence-corrected chi connectivity index (χ0v) is 9.58. The number of hydrazone groups is 1. The van der Waals surface area contributed by atoms with Crippen LogP contribution in [-0.4, -0.2) is 12.8 Å². The summed E-state index contributed by atoms with van der Waals surface area (Å²) < 4.78 is 31.8. The van der Waals surface area contributed by atoms with E-state index in [9.17, 15) is 8.78 Å². The fourth-order valence-electron chi connectivity index (χ4n) is 1.18. The fraction of sp³-hybridized carbons (Fsp3) is 0.182. The van der Waals surface area contributed by atoms with Crippen molar-refractivity contribution in [1.29, 1.82) is 10.5 Å². The van der Waals surface area contributed by atoms with E-state index in [1.165, 1.54) is 32.2 Å². The first-order valence-corrected chi connectivity index (χ1v) is 4.71. The topological polar surface area (TPSA) is 81.2 Å². The van der Waals surface area contributed by atoms with E-state index in [0.717, 1.165) is 0 Å². The number of anilines is 1. The summed E-state index contributed by atoms with van der Waals surface area (Å²) in [7, 11) is 1.31. The molecule has 0 saturated carbocycles. The van der Waals surface area contributed by atoms with Crippen LogP contribution in [0.3, 0.4) is 0 Å². The standard InChI is InChI=1S/C11H8F2N4O/c1-6-9(18-2)3-8(11(13)10(6)12)17-16-7(4-14)5-15/h3,17H,1-2H3. The fourth-order valence-corrected chi connectivity index (χ4v) is 1.18. The Kier molecular flexibility index (Phi) is 4.16. The van der Waals surface area contributed by atoms with E-state index < -0.39 is 17.3 Å². The van der Waals surface area contributed by atoms with Crippen molar-refractivity contribution in [3.05, 3.63) is 23.3 Å². The number of hydrogen-bond donors (Lipinski definition) is 1. The van der Waals surface area contributed by atoms with Crippen molar-refractivity contribution in [2.24, 2.45) is 5.10 Å². The van der Waals surface area contributed by atoms with Gasteiger partial charge in [0.25, 0.3) is 0 Å². The van der Waals surface area contributed by atoms with E-state index in [1.807, 2.05) is 0 Å². The van der Waals surface area contributed by atoms with Crippen molar-refractivity contribution in [2.75, 3.05) is 12.5 Å². The predicted molar refractivity (Wildman–Crippen MR) is 59.9 cm³/mol. The second-order valence-electron chi connectivity index (χ2n) is 3.18. The van der Waals surface area contributed by atoms with Crippen LogP contribution in [-0.2, 0) is 0 Å². The van der Waals surface area contributed by atoms with Gasteiger partial charge in [-0.25, -0.2) is 8.78 Å². The Morgan fingerprint density at radius 3 is 2.44 bits per heavy atom. The van der Waals surface area contributed by atoms with Crippen LogP contribution in [0.25, 0.3) is 0 Å². The number of rotatable bonds is 3. The van der Waals surface area contributed by atoms with Crippen molar-refractivity contribution in [2.45, 2.75) is 6.92 Å². The smallest absolute Gasteiger partial charge is 0.237 e. The number of hydrogen-bond acceptors (Lipinski definition) is 5. The summed E-state index contributed by atoms with van der Waals surface area (Å²) in [4.78, 5) is 0. The molecule has 0 aliphatic carbocycles. The lowest BCUT2D eigenvalue weighted by Gasteiger charge is -2.10. The summed E-state index contributed by atoms with van der Waals surface area (Å²) in [6, 6.07) is 4.13. The summed E-state index contributed by atoms with van der Waals surface area (Å²) in [5.41, 5.74) is 1.30. The van der Waals surface area contributed by atoms with Crippen LogP contribution in [0.2, 0.25) is 0 Å².